The molecule has 0 radical (unpaired) electrons. The molecule has 1 aliphatic heterocycles. The fourth-order valence-corrected chi connectivity index (χ4v) is 4.33. The number of rotatable bonds is 5. The topological polar surface area (TPSA) is 75.3 Å². The number of carbonyl (C=O) groups excluding carboxylic acids is 1. The second-order valence-electron chi connectivity index (χ2n) is 6.29. The van der Waals surface area contributed by atoms with Crippen molar-refractivity contribution >= 4 is 15.7 Å². The van der Waals surface area contributed by atoms with E-state index in [4.69, 9.17) is 0 Å². The molecule has 2 N–H and O–H groups in total. The Kier molecular flexibility index (Phi) is 5.50. The number of piperidine rings is 1. The maximum Gasteiger partial charge on any atom is 0.251 e. The number of carbonyl (C=O) groups is 1. The molecule has 2 aromatic carbocycles. The summed E-state index contributed by atoms with van der Waals surface area (Å²) >= 11 is 0. The van der Waals surface area contributed by atoms with Gasteiger partial charge in [0.15, 0.2) is 9.84 Å². The molecule has 3 rings (SSSR count). The highest BCUT2D eigenvalue weighted by Gasteiger charge is 2.18. The lowest BCUT2D eigenvalue weighted by Gasteiger charge is -2.23. The minimum atomic E-state index is -3.42. The molecule has 2 aromatic rings. The fourth-order valence-electron chi connectivity index (χ4n) is 2.98. The minimum absolute atomic E-state index is 0.122. The molecule has 1 atom stereocenters. The van der Waals surface area contributed by atoms with Crippen LogP contribution in [0.5, 0.6) is 0 Å². The van der Waals surface area contributed by atoms with Crippen LogP contribution in [0.15, 0.2) is 59.5 Å². The van der Waals surface area contributed by atoms with Gasteiger partial charge in [0.1, 0.15) is 0 Å². The lowest BCUT2D eigenvalue weighted by Crippen LogP contribution is -2.45. The van der Waals surface area contributed by atoms with Gasteiger partial charge in [-0.1, -0.05) is 30.3 Å². The summed E-state index contributed by atoms with van der Waals surface area (Å²) in [5, 5.41) is 6.26. The summed E-state index contributed by atoms with van der Waals surface area (Å²) in [6, 6.07) is 15.3. The van der Waals surface area contributed by atoms with Gasteiger partial charge in [0.2, 0.25) is 0 Å². The number of sulfone groups is 1. The van der Waals surface area contributed by atoms with Gasteiger partial charge < -0.3 is 10.6 Å². The Balaban J connectivity index is 1.72. The summed E-state index contributed by atoms with van der Waals surface area (Å²) < 4.78 is 25.0. The Morgan fingerprint density at radius 1 is 1.12 bits per heavy atom. The molecule has 0 unspecified atom stereocenters. The molecule has 0 bridgehead atoms. The minimum Gasteiger partial charge on any atom is -0.348 e. The van der Waals surface area contributed by atoms with Crippen molar-refractivity contribution in [2.75, 3.05) is 13.1 Å². The van der Waals surface area contributed by atoms with E-state index >= 15 is 0 Å². The van der Waals surface area contributed by atoms with E-state index in [0.717, 1.165) is 25.9 Å². The molecule has 0 aromatic heterocycles. The SMILES string of the molecule is O=C(N[C@H]1CCCNC1)c1cccc(CS(=O)(=O)c2ccccc2)c1. The normalized spacial score (nSPS) is 17.8. The van der Waals surface area contributed by atoms with E-state index in [2.05, 4.69) is 10.6 Å². The van der Waals surface area contributed by atoms with Gasteiger partial charge in [0.25, 0.3) is 5.91 Å². The first-order chi connectivity index (χ1) is 12.0. The van der Waals surface area contributed by atoms with Crippen molar-refractivity contribution in [3.8, 4) is 0 Å². The van der Waals surface area contributed by atoms with Gasteiger partial charge in [0.05, 0.1) is 10.6 Å². The molecule has 25 heavy (non-hydrogen) atoms. The lowest BCUT2D eigenvalue weighted by atomic mass is 10.1. The summed E-state index contributed by atoms with van der Waals surface area (Å²) in [6.07, 6.45) is 2.00. The summed E-state index contributed by atoms with van der Waals surface area (Å²) in [6.45, 7) is 1.76. The maximum atomic E-state index is 12.5. The molecule has 132 valence electrons. The predicted octanol–water partition coefficient (Wildman–Crippen LogP) is 2.14. The highest BCUT2D eigenvalue weighted by atomic mass is 32.2. The van der Waals surface area contributed by atoms with E-state index < -0.39 is 9.84 Å². The van der Waals surface area contributed by atoms with Crippen LogP contribution >= 0.6 is 0 Å². The van der Waals surface area contributed by atoms with E-state index in [1.807, 2.05) is 0 Å². The molecule has 1 saturated heterocycles. The Bertz CT molecular complexity index is 829. The van der Waals surface area contributed by atoms with Crippen LogP contribution < -0.4 is 10.6 Å². The average Bonchev–Trinajstić information content (AvgIpc) is 2.63. The lowest BCUT2D eigenvalue weighted by molar-refractivity contribution is 0.0930. The van der Waals surface area contributed by atoms with Crippen LogP contribution in [0.4, 0.5) is 0 Å². The van der Waals surface area contributed by atoms with Crippen molar-refractivity contribution in [1.82, 2.24) is 10.6 Å². The second kappa shape index (κ2) is 7.80. The molecule has 5 nitrogen and oxygen atoms in total. The molecule has 0 aliphatic carbocycles. The van der Waals surface area contributed by atoms with Crippen LogP contribution in [-0.4, -0.2) is 33.5 Å². The Morgan fingerprint density at radius 2 is 1.92 bits per heavy atom. The Morgan fingerprint density at radius 3 is 2.64 bits per heavy atom. The van der Waals surface area contributed by atoms with Crippen molar-refractivity contribution < 1.29 is 13.2 Å². The molecule has 0 saturated carbocycles. The van der Waals surface area contributed by atoms with Crippen molar-refractivity contribution in [2.45, 2.75) is 29.5 Å². The zero-order valence-corrected chi connectivity index (χ0v) is 14.8. The van der Waals surface area contributed by atoms with Crippen LogP contribution in [-0.2, 0) is 15.6 Å². The average molecular weight is 358 g/mol. The monoisotopic (exact) mass is 358 g/mol. The van der Waals surface area contributed by atoms with Crippen molar-refractivity contribution in [3.05, 3.63) is 65.7 Å². The van der Waals surface area contributed by atoms with E-state index in [9.17, 15) is 13.2 Å². The van der Waals surface area contributed by atoms with Gasteiger partial charge in [-0.15, -0.1) is 0 Å². The van der Waals surface area contributed by atoms with Gasteiger partial charge in [-0.3, -0.25) is 4.79 Å². The summed E-state index contributed by atoms with van der Waals surface area (Å²) in [5.41, 5.74) is 1.10. The van der Waals surface area contributed by atoms with Gasteiger partial charge in [-0.25, -0.2) is 8.42 Å². The predicted molar refractivity (Wildman–Crippen MR) is 97.1 cm³/mol. The number of hydrogen-bond donors (Lipinski definition) is 2. The summed E-state index contributed by atoms with van der Waals surface area (Å²) in [4.78, 5) is 12.7. The molecule has 1 aliphatic rings. The summed E-state index contributed by atoms with van der Waals surface area (Å²) in [7, 11) is -3.42. The van der Waals surface area contributed by atoms with E-state index in [-0.39, 0.29) is 22.6 Å². The summed E-state index contributed by atoms with van der Waals surface area (Å²) in [5.74, 6) is -0.281. The highest BCUT2D eigenvalue weighted by molar-refractivity contribution is 7.90. The van der Waals surface area contributed by atoms with Crippen molar-refractivity contribution in [2.24, 2.45) is 0 Å². The molecular formula is C19H22N2O3S. The van der Waals surface area contributed by atoms with Gasteiger partial charge in [-0.2, -0.15) is 0 Å². The molecule has 1 heterocycles. The number of benzene rings is 2. The third-order valence-electron chi connectivity index (χ3n) is 4.28. The standard InChI is InChI=1S/C19H22N2O3S/c22-19(21-17-8-5-11-20-13-17)16-7-4-6-15(12-16)14-25(23,24)18-9-2-1-3-10-18/h1-4,6-7,9-10,12,17,20H,5,8,11,13-14H2,(H,21,22)/t17-/m0/s1. The highest BCUT2D eigenvalue weighted by Crippen LogP contribution is 2.17. The Hall–Kier alpha value is -2.18. The smallest absolute Gasteiger partial charge is 0.251 e. The third kappa shape index (κ3) is 4.67. The van der Waals surface area contributed by atoms with Crippen molar-refractivity contribution in [3.63, 3.8) is 0 Å². The fraction of sp³-hybridized carbons (Fsp3) is 0.316. The largest absolute Gasteiger partial charge is 0.348 e. The van der Waals surface area contributed by atoms with Crippen LogP contribution in [0, 0.1) is 0 Å². The number of hydrogen-bond acceptors (Lipinski definition) is 4. The van der Waals surface area contributed by atoms with Gasteiger partial charge in [0, 0.05) is 18.2 Å². The van der Waals surface area contributed by atoms with Crippen LogP contribution in [0.25, 0.3) is 0 Å². The van der Waals surface area contributed by atoms with Crippen LogP contribution in [0.1, 0.15) is 28.8 Å². The first kappa shape index (κ1) is 17.6. The molecule has 6 heteroatoms. The maximum absolute atomic E-state index is 12.5. The van der Waals surface area contributed by atoms with Gasteiger partial charge >= 0.3 is 0 Å². The van der Waals surface area contributed by atoms with Gasteiger partial charge in [-0.05, 0) is 49.2 Å². The molecular weight excluding hydrogens is 336 g/mol. The van der Waals surface area contributed by atoms with E-state index in [1.165, 1.54) is 0 Å². The van der Waals surface area contributed by atoms with E-state index in [1.54, 1.807) is 54.6 Å². The number of amides is 1. The first-order valence-electron chi connectivity index (χ1n) is 8.43. The zero-order valence-electron chi connectivity index (χ0n) is 13.9. The first-order valence-corrected chi connectivity index (χ1v) is 10.1. The van der Waals surface area contributed by atoms with Crippen molar-refractivity contribution in [1.29, 1.82) is 0 Å². The van der Waals surface area contributed by atoms with Crippen LogP contribution in [0.3, 0.4) is 0 Å². The second-order valence-corrected chi connectivity index (χ2v) is 8.28. The molecule has 1 amide bonds. The third-order valence-corrected chi connectivity index (χ3v) is 5.98. The van der Waals surface area contributed by atoms with E-state index in [0.29, 0.717) is 11.1 Å². The number of nitrogens with one attached hydrogen (secondary N) is 2. The van der Waals surface area contributed by atoms with Crippen LogP contribution in [0.2, 0.25) is 0 Å². The molecule has 1 fully saturated rings. The molecule has 0 spiro atoms. The zero-order chi connectivity index (χ0) is 17.7. The Labute approximate surface area is 148 Å². The quantitative estimate of drug-likeness (QED) is 0.859.